The number of hydrogen-bond donors (Lipinski definition) is 0. The van der Waals surface area contributed by atoms with Crippen LogP contribution in [0, 0.1) is 0 Å². The third-order valence-electron chi connectivity index (χ3n) is 13.3. The first-order valence-electron chi connectivity index (χ1n) is 32.3. The van der Waals surface area contributed by atoms with Crippen molar-refractivity contribution < 1.29 is 28.6 Å². The van der Waals surface area contributed by atoms with Crippen molar-refractivity contribution in [3.05, 3.63) is 146 Å². The van der Waals surface area contributed by atoms with Crippen LogP contribution in [-0.4, -0.2) is 37.2 Å². The quantitative estimate of drug-likeness (QED) is 0.0261. The molecule has 1 unspecified atom stereocenters. The molecule has 0 heterocycles. The summed E-state index contributed by atoms with van der Waals surface area (Å²) in [6.07, 6.45) is 94.3. The van der Waals surface area contributed by atoms with Crippen LogP contribution in [0.25, 0.3) is 0 Å². The molecule has 1 atom stereocenters. The SMILES string of the molecule is CC/C=C\C/C=C\C/C=C\C/C=C\CCCCCCCCCCCCCCCCC(=O)OCC(COC(=O)CCCC/C=C\C/C=C\C/C=C\C/C=C\CC)OC(=O)CCCCCCCC/C=C\C/C=C\C/C=C\C/C=C\CC. The molecule has 446 valence electrons. The average molecular weight is 1090 g/mol. The van der Waals surface area contributed by atoms with Gasteiger partial charge in [-0.2, -0.15) is 0 Å². The van der Waals surface area contributed by atoms with Crippen LogP contribution in [0.4, 0.5) is 0 Å². The van der Waals surface area contributed by atoms with Crippen molar-refractivity contribution in [3.8, 4) is 0 Å². The highest BCUT2D eigenvalue weighted by Gasteiger charge is 2.19. The van der Waals surface area contributed by atoms with E-state index in [0.717, 1.165) is 148 Å². The largest absolute Gasteiger partial charge is 0.462 e. The molecule has 0 aliphatic heterocycles. The molecule has 0 bridgehead atoms. The van der Waals surface area contributed by atoms with E-state index in [1.165, 1.54) is 89.9 Å². The van der Waals surface area contributed by atoms with Gasteiger partial charge in [0.2, 0.25) is 0 Å². The molecule has 6 heteroatoms. The summed E-state index contributed by atoms with van der Waals surface area (Å²) < 4.78 is 16.9. The molecule has 0 radical (unpaired) electrons. The highest BCUT2D eigenvalue weighted by atomic mass is 16.6. The van der Waals surface area contributed by atoms with Gasteiger partial charge < -0.3 is 14.2 Å². The summed E-state index contributed by atoms with van der Waals surface area (Å²) >= 11 is 0. The summed E-state index contributed by atoms with van der Waals surface area (Å²) in [5, 5.41) is 0. The number of hydrogen-bond acceptors (Lipinski definition) is 6. The van der Waals surface area contributed by atoms with Crippen LogP contribution in [0.15, 0.2) is 146 Å². The Hall–Kier alpha value is -4.71. The van der Waals surface area contributed by atoms with Gasteiger partial charge in [0.25, 0.3) is 0 Å². The van der Waals surface area contributed by atoms with E-state index in [9.17, 15) is 14.4 Å². The number of esters is 3. The summed E-state index contributed by atoms with van der Waals surface area (Å²) in [7, 11) is 0. The molecule has 0 saturated heterocycles. The summed E-state index contributed by atoms with van der Waals surface area (Å²) in [6.45, 7) is 6.26. The minimum absolute atomic E-state index is 0.102. The second kappa shape index (κ2) is 65.8. The molecule has 6 nitrogen and oxygen atoms in total. The Morgan fingerprint density at radius 1 is 0.253 bits per heavy atom. The molecular weight excluding hydrogens is 973 g/mol. The fourth-order valence-electron chi connectivity index (χ4n) is 8.59. The number of ether oxygens (including phenoxy) is 3. The maximum Gasteiger partial charge on any atom is 0.306 e. The van der Waals surface area contributed by atoms with Gasteiger partial charge in [-0.3, -0.25) is 14.4 Å². The summed E-state index contributed by atoms with van der Waals surface area (Å²) in [6, 6.07) is 0. The normalized spacial score (nSPS) is 13.1. The van der Waals surface area contributed by atoms with Crippen LogP contribution >= 0.6 is 0 Å². The average Bonchev–Trinajstić information content (AvgIpc) is 3.45. The second-order valence-electron chi connectivity index (χ2n) is 20.9. The standard InChI is InChI=1S/C73H118O6/c1-4-7-10-13-16-19-22-25-28-30-32-33-34-35-36-37-38-39-41-42-45-48-51-54-57-60-63-66-72(75)78-69-70(68-77-71(74)65-62-59-56-53-50-47-44-27-24-21-18-15-12-9-6-3)79-73(76)67-64-61-58-55-52-49-46-43-40-31-29-26-23-20-17-14-11-8-5-2/h7-12,16-21,25-29,32-33,40,43-44,50,53,70H,4-6,13-15,22-24,30-31,34-39,41-42,45-49,51-52,54-69H2,1-3H3/b10-7-,11-8-,12-9-,19-16-,20-17-,21-18-,28-25-,29-26-,33-32-,43-40-,44-27-,53-50-. The molecular formula is C73H118O6. The Morgan fingerprint density at radius 3 is 0.734 bits per heavy atom. The highest BCUT2D eigenvalue weighted by molar-refractivity contribution is 5.71. The Kier molecular flexibility index (Phi) is 61.9. The fraction of sp³-hybridized carbons (Fsp3) is 0.630. The molecule has 0 aliphatic carbocycles. The zero-order valence-corrected chi connectivity index (χ0v) is 51.1. The van der Waals surface area contributed by atoms with Crippen molar-refractivity contribution in [2.24, 2.45) is 0 Å². The van der Waals surface area contributed by atoms with Gasteiger partial charge in [-0.15, -0.1) is 0 Å². The Morgan fingerprint density at radius 2 is 0.456 bits per heavy atom. The molecule has 0 aromatic heterocycles. The van der Waals surface area contributed by atoms with E-state index < -0.39 is 6.10 Å². The van der Waals surface area contributed by atoms with Crippen LogP contribution in [0.3, 0.4) is 0 Å². The van der Waals surface area contributed by atoms with Gasteiger partial charge in [0, 0.05) is 19.3 Å². The van der Waals surface area contributed by atoms with Crippen molar-refractivity contribution in [2.75, 3.05) is 13.2 Å². The molecule has 0 aromatic carbocycles. The van der Waals surface area contributed by atoms with E-state index in [1.807, 2.05) is 0 Å². The van der Waals surface area contributed by atoms with Crippen molar-refractivity contribution in [3.63, 3.8) is 0 Å². The number of carbonyl (C=O) groups is 3. The monoisotopic (exact) mass is 1090 g/mol. The lowest BCUT2D eigenvalue weighted by atomic mass is 10.0. The summed E-state index contributed by atoms with van der Waals surface area (Å²) in [4.78, 5) is 38.3. The van der Waals surface area contributed by atoms with E-state index in [-0.39, 0.29) is 31.1 Å². The van der Waals surface area contributed by atoms with Crippen LogP contribution in [0.5, 0.6) is 0 Å². The molecule has 0 amide bonds. The molecule has 0 aromatic rings. The number of rotatable bonds is 57. The van der Waals surface area contributed by atoms with Crippen LogP contribution in [0.2, 0.25) is 0 Å². The Balaban J connectivity index is 4.38. The third kappa shape index (κ3) is 64.0. The molecule has 79 heavy (non-hydrogen) atoms. The van der Waals surface area contributed by atoms with Crippen LogP contribution < -0.4 is 0 Å². The predicted molar refractivity (Wildman–Crippen MR) is 343 cm³/mol. The third-order valence-corrected chi connectivity index (χ3v) is 13.3. The second-order valence-corrected chi connectivity index (χ2v) is 20.9. The first kappa shape index (κ1) is 74.3. The first-order chi connectivity index (χ1) is 39.0. The van der Waals surface area contributed by atoms with Crippen LogP contribution in [-0.2, 0) is 28.6 Å². The van der Waals surface area contributed by atoms with E-state index in [2.05, 4.69) is 167 Å². The van der Waals surface area contributed by atoms with Gasteiger partial charge in [0.05, 0.1) is 0 Å². The Bertz CT molecular complexity index is 1730. The minimum Gasteiger partial charge on any atom is -0.462 e. The van der Waals surface area contributed by atoms with Gasteiger partial charge in [-0.1, -0.05) is 269 Å². The smallest absolute Gasteiger partial charge is 0.306 e. The van der Waals surface area contributed by atoms with Gasteiger partial charge in [-0.25, -0.2) is 0 Å². The van der Waals surface area contributed by atoms with E-state index in [4.69, 9.17) is 14.2 Å². The van der Waals surface area contributed by atoms with Crippen molar-refractivity contribution in [2.45, 2.75) is 284 Å². The van der Waals surface area contributed by atoms with Gasteiger partial charge in [0.15, 0.2) is 6.10 Å². The van der Waals surface area contributed by atoms with Crippen molar-refractivity contribution in [1.82, 2.24) is 0 Å². The first-order valence-corrected chi connectivity index (χ1v) is 32.3. The van der Waals surface area contributed by atoms with E-state index in [0.29, 0.717) is 19.3 Å². The highest BCUT2D eigenvalue weighted by Crippen LogP contribution is 2.16. The van der Waals surface area contributed by atoms with Crippen LogP contribution in [0.1, 0.15) is 278 Å². The number of unbranched alkanes of at least 4 members (excludes halogenated alkanes) is 22. The summed E-state index contributed by atoms with van der Waals surface area (Å²) in [5.74, 6) is -0.958. The lowest BCUT2D eigenvalue weighted by Crippen LogP contribution is -2.30. The summed E-state index contributed by atoms with van der Waals surface area (Å²) in [5.41, 5.74) is 0. The number of allylic oxidation sites excluding steroid dienone is 24. The molecule has 0 N–H and O–H groups in total. The van der Waals surface area contributed by atoms with Crippen molar-refractivity contribution >= 4 is 17.9 Å². The predicted octanol–water partition coefficient (Wildman–Crippen LogP) is 22.3. The molecule has 0 spiro atoms. The van der Waals surface area contributed by atoms with Gasteiger partial charge in [0.1, 0.15) is 13.2 Å². The lowest BCUT2D eigenvalue weighted by Gasteiger charge is -2.18. The molecule has 0 fully saturated rings. The maximum absolute atomic E-state index is 12.9. The number of carbonyl (C=O) groups excluding carboxylic acids is 3. The maximum atomic E-state index is 12.9. The molecule has 0 saturated carbocycles. The van der Waals surface area contributed by atoms with E-state index >= 15 is 0 Å². The molecule has 0 rings (SSSR count). The zero-order valence-electron chi connectivity index (χ0n) is 51.1. The van der Waals surface area contributed by atoms with Gasteiger partial charge in [-0.05, 0) is 135 Å². The Labute approximate surface area is 487 Å². The fourth-order valence-corrected chi connectivity index (χ4v) is 8.59. The van der Waals surface area contributed by atoms with E-state index in [1.54, 1.807) is 0 Å². The van der Waals surface area contributed by atoms with Gasteiger partial charge >= 0.3 is 17.9 Å². The van der Waals surface area contributed by atoms with Crippen molar-refractivity contribution in [1.29, 1.82) is 0 Å². The minimum atomic E-state index is -0.810. The molecule has 0 aliphatic rings. The zero-order chi connectivity index (χ0) is 57.1. The topological polar surface area (TPSA) is 78.9 Å². The lowest BCUT2D eigenvalue weighted by molar-refractivity contribution is -0.167.